The van der Waals surface area contributed by atoms with Crippen molar-refractivity contribution in [3.8, 4) is 5.75 Å². The first-order valence-corrected chi connectivity index (χ1v) is 9.47. The van der Waals surface area contributed by atoms with Crippen molar-refractivity contribution < 1.29 is 18.7 Å². The van der Waals surface area contributed by atoms with Gasteiger partial charge in [0.05, 0.1) is 30.8 Å². The molecule has 150 valence electrons. The van der Waals surface area contributed by atoms with Gasteiger partial charge in [0.1, 0.15) is 17.3 Å². The molecule has 29 heavy (non-hydrogen) atoms. The molecule has 0 fully saturated rings. The van der Waals surface area contributed by atoms with Crippen LogP contribution < -0.4 is 15.4 Å². The Morgan fingerprint density at radius 3 is 2.83 bits per heavy atom. The lowest BCUT2D eigenvalue weighted by Gasteiger charge is -2.22. The number of amides is 2. The molecule has 0 bridgehead atoms. The van der Waals surface area contributed by atoms with E-state index in [2.05, 4.69) is 15.7 Å². The highest BCUT2D eigenvalue weighted by atomic mass is 16.5. The standard InChI is InChI=1S/C21H22N4O4/c1-3-28-14-8-6-13(7-9-14)11-17(26)22-20-19-15(16-5-4-10-29-16)12-18(27)23-21(19)25(2)24-20/h4-10,15H,3,11-12H2,1-2H3,(H,23,27)(H,22,24,26). The summed E-state index contributed by atoms with van der Waals surface area (Å²) >= 11 is 0. The third-order valence-corrected chi connectivity index (χ3v) is 4.82. The van der Waals surface area contributed by atoms with Crippen molar-refractivity contribution in [3.05, 3.63) is 59.5 Å². The van der Waals surface area contributed by atoms with E-state index in [0.29, 0.717) is 24.0 Å². The minimum Gasteiger partial charge on any atom is -0.494 e. The molecule has 2 amide bonds. The Morgan fingerprint density at radius 2 is 2.14 bits per heavy atom. The molecular formula is C21H22N4O4. The molecule has 2 aromatic heterocycles. The Morgan fingerprint density at radius 1 is 1.34 bits per heavy atom. The second-order valence-corrected chi connectivity index (χ2v) is 6.86. The Labute approximate surface area is 167 Å². The maximum absolute atomic E-state index is 12.6. The van der Waals surface area contributed by atoms with Gasteiger partial charge in [-0.25, -0.2) is 0 Å². The molecule has 3 heterocycles. The van der Waals surface area contributed by atoms with Gasteiger partial charge in [0.2, 0.25) is 11.8 Å². The first-order valence-electron chi connectivity index (χ1n) is 9.47. The first-order chi connectivity index (χ1) is 14.0. The summed E-state index contributed by atoms with van der Waals surface area (Å²) in [6, 6.07) is 11.0. The normalized spacial score (nSPS) is 15.5. The summed E-state index contributed by atoms with van der Waals surface area (Å²) in [5.41, 5.74) is 1.62. The summed E-state index contributed by atoms with van der Waals surface area (Å²) in [7, 11) is 1.73. The van der Waals surface area contributed by atoms with Gasteiger partial charge in [-0.3, -0.25) is 14.3 Å². The van der Waals surface area contributed by atoms with Crippen molar-refractivity contribution in [2.75, 3.05) is 17.2 Å². The average molecular weight is 394 g/mol. The largest absolute Gasteiger partial charge is 0.494 e. The second-order valence-electron chi connectivity index (χ2n) is 6.86. The number of fused-ring (bicyclic) bond motifs is 1. The maximum atomic E-state index is 12.6. The summed E-state index contributed by atoms with van der Waals surface area (Å²) in [5, 5.41) is 10.1. The highest BCUT2D eigenvalue weighted by molar-refractivity contribution is 5.98. The van der Waals surface area contributed by atoms with Gasteiger partial charge in [0.15, 0.2) is 5.82 Å². The fourth-order valence-corrected chi connectivity index (χ4v) is 3.55. The van der Waals surface area contributed by atoms with E-state index in [4.69, 9.17) is 9.15 Å². The topological polar surface area (TPSA) is 98.4 Å². The number of carbonyl (C=O) groups is 2. The van der Waals surface area contributed by atoms with E-state index >= 15 is 0 Å². The third kappa shape index (κ3) is 3.87. The van der Waals surface area contributed by atoms with E-state index in [-0.39, 0.29) is 30.6 Å². The van der Waals surface area contributed by atoms with Gasteiger partial charge in [0, 0.05) is 13.5 Å². The molecule has 8 nitrogen and oxygen atoms in total. The Hall–Kier alpha value is -3.55. The summed E-state index contributed by atoms with van der Waals surface area (Å²) in [6.45, 7) is 2.52. The zero-order valence-corrected chi connectivity index (χ0v) is 16.3. The van der Waals surface area contributed by atoms with Crippen LogP contribution in [0.4, 0.5) is 11.6 Å². The fraction of sp³-hybridized carbons (Fsp3) is 0.286. The number of anilines is 2. The summed E-state index contributed by atoms with van der Waals surface area (Å²) in [4.78, 5) is 24.8. The van der Waals surface area contributed by atoms with Crippen molar-refractivity contribution in [1.82, 2.24) is 9.78 Å². The Balaban J connectivity index is 1.56. The predicted molar refractivity (Wildman–Crippen MR) is 107 cm³/mol. The maximum Gasteiger partial charge on any atom is 0.230 e. The van der Waals surface area contributed by atoms with E-state index < -0.39 is 0 Å². The van der Waals surface area contributed by atoms with Gasteiger partial charge in [0.25, 0.3) is 0 Å². The molecule has 1 aliphatic heterocycles. The number of nitrogens with zero attached hydrogens (tertiary/aromatic N) is 2. The van der Waals surface area contributed by atoms with E-state index in [1.165, 1.54) is 0 Å². The third-order valence-electron chi connectivity index (χ3n) is 4.82. The molecule has 1 atom stereocenters. The number of nitrogens with one attached hydrogen (secondary N) is 2. The van der Waals surface area contributed by atoms with Crippen LogP contribution in [0.25, 0.3) is 0 Å². The second kappa shape index (κ2) is 7.83. The molecule has 0 aliphatic carbocycles. The number of aryl methyl sites for hydroxylation is 1. The molecule has 0 spiro atoms. The molecule has 8 heteroatoms. The number of rotatable bonds is 6. The molecule has 2 N–H and O–H groups in total. The average Bonchev–Trinajstić information content (AvgIpc) is 3.32. The van der Waals surface area contributed by atoms with E-state index in [1.807, 2.05) is 37.3 Å². The Bertz CT molecular complexity index is 1020. The number of hydrogen-bond donors (Lipinski definition) is 2. The van der Waals surface area contributed by atoms with Gasteiger partial charge < -0.3 is 19.8 Å². The lowest BCUT2D eigenvalue weighted by Crippen LogP contribution is -2.25. The van der Waals surface area contributed by atoms with Crippen LogP contribution in [0.15, 0.2) is 47.1 Å². The van der Waals surface area contributed by atoms with E-state index in [1.54, 1.807) is 24.1 Å². The smallest absolute Gasteiger partial charge is 0.230 e. The summed E-state index contributed by atoms with van der Waals surface area (Å²) in [5.74, 6) is 1.82. The quantitative estimate of drug-likeness (QED) is 0.670. The monoisotopic (exact) mass is 394 g/mol. The zero-order chi connectivity index (χ0) is 20.4. The number of hydrogen-bond acceptors (Lipinski definition) is 5. The minimum absolute atomic E-state index is 0.117. The van der Waals surface area contributed by atoms with Crippen LogP contribution in [0.3, 0.4) is 0 Å². The number of benzene rings is 1. The lowest BCUT2D eigenvalue weighted by atomic mass is 9.91. The van der Waals surface area contributed by atoms with Crippen molar-refractivity contribution in [2.24, 2.45) is 7.05 Å². The minimum atomic E-state index is -0.303. The predicted octanol–water partition coefficient (Wildman–Crippen LogP) is 3.07. The fourth-order valence-electron chi connectivity index (χ4n) is 3.55. The first kappa shape index (κ1) is 18.8. The van der Waals surface area contributed by atoms with Gasteiger partial charge in [-0.2, -0.15) is 5.10 Å². The molecule has 0 saturated heterocycles. The van der Waals surface area contributed by atoms with Gasteiger partial charge in [-0.1, -0.05) is 12.1 Å². The lowest BCUT2D eigenvalue weighted by molar-refractivity contribution is -0.117. The van der Waals surface area contributed by atoms with Crippen LogP contribution in [0, 0.1) is 0 Å². The molecule has 3 aromatic rings. The van der Waals surface area contributed by atoms with Crippen LogP contribution in [0.2, 0.25) is 0 Å². The van der Waals surface area contributed by atoms with Crippen molar-refractivity contribution >= 4 is 23.5 Å². The summed E-state index contributed by atoms with van der Waals surface area (Å²) < 4.78 is 12.5. The summed E-state index contributed by atoms with van der Waals surface area (Å²) in [6.07, 6.45) is 2.01. The van der Waals surface area contributed by atoms with E-state index in [0.717, 1.165) is 16.9 Å². The van der Waals surface area contributed by atoms with Crippen LogP contribution in [0.5, 0.6) is 5.75 Å². The number of aromatic nitrogens is 2. The molecule has 0 saturated carbocycles. The van der Waals surface area contributed by atoms with Gasteiger partial charge >= 0.3 is 0 Å². The SMILES string of the molecule is CCOc1ccc(CC(=O)Nc2nn(C)c3c2C(c2ccco2)CC(=O)N3)cc1. The van der Waals surface area contributed by atoms with Gasteiger partial charge in [-0.15, -0.1) is 0 Å². The van der Waals surface area contributed by atoms with Gasteiger partial charge in [-0.05, 0) is 36.8 Å². The van der Waals surface area contributed by atoms with Crippen LogP contribution in [-0.4, -0.2) is 28.2 Å². The molecule has 1 aliphatic rings. The molecule has 1 unspecified atom stereocenters. The highest BCUT2D eigenvalue weighted by Crippen LogP contribution is 2.41. The molecule has 4 rings (SSSR count). The molecule has 0 radical (unpaired) electrons. The van der Waals surface area contributed by atoms with Crippen molar-refractivity contribution in [3.63, 3.8) is 0 Å². The number of furan rings is 1. The molecule has 1 aromatic carbocycles. The van der Waals surface area contributed by atoms with Crippen LogP contribution >= 0.6 is 0 Å². The molecular weight excluding hydrogens is 372 g/mol. The van der Waals surface area contributed by atoms with E-state index in [9.17, 15) is 9.59 Å². The zero-order valence-electron chi connectivity index (χ0n) is 16.3. The number of carbonyl (C=O) groups excluding carboxylic acids is 2. The van der Waals surface area contributed by atoms with Crippen molar-refractivity contribution in [2.45, 2.75) is 25.7 Å². The highest BCUT2D eigenvalue weighted by Gasteiger charge is 2.34. The van der Waals surface area contributed by atoms with Crippen LogP contribution in [-0.2, 0) is 23.1 Å². The van der Waals surface area contributed by atoms with Crippen molar-refractivity contribution in [1.29, 1.82) is 0 Å². The van der Waals surface area contributed by atoms with Crippen LogP contribution in [0.1, 0.15) is 36.1 Å². The Kier molecular flexibility index (Phi) is 5.07. The number of ether oxygens (including phenoxy) is 1.